The van der Waals surface area contributed by atoms with Gasteiger partial charge in [-0.05, 0) is 44.2 Å². The van der Waals surface area contributed by atoms with Gasteiger partial charge in [0.1, 0.15) is 0 Å². The van der Waals surface area contributed by atoms with E-state index in [1.165, 1.54) is 11.1 Å². The van der Waals surface area contributed by atoms with Gasteiger partial charge in [-0.1, -0.05) is 24.3 Å². The third-order valence-electron chi connectivity index (χ3n) is 5.58. The molecule has 0 atom stereocenters. The molecule has 1 heterocycles. The Kier molecular flexibility index (Phi) is 4.83. The van der Waals surface area contributed by atoms with E-state index in [-0.39, 0.29) is 23.6 Å². The lowest BCUT2D eigenvalue weighted by Crippen LogP contribution is -2.54. The zero-order valence-electron chi connectivity index (χ0n) is 14.8. The highest BCUT2D eigenvalue weighted by molar-refractivity contribution is 5.74. The summed E-state index contributed by atoms with van der Waals surface area (Å²) in [5.74, 6) is 0. The van der Waals surface area contributed by atoms with E-state index in [4.69, 9.17) is 0 Å². The van der Waals surface area contributed by atoms with Crippen molar-refractivity contribution in [1.82, 2.24) is 15.5 Å². The van der Waals surface area contributed by atoms with Gasteiger partial charge in [-0.2, -0.15) is 0 Å². The summed E-state index contributed by atoms with van der Waals surface area (Å²) in [5, 5.41) is 15.2. The molecule has 0 aromatic heterocycles. The number of rotatable bonds is 6. The second kappa shape index (κ2) is 6.73. The molecular weight excluding hydrogens is 302 g/mol. The molecule has 1 aromatic rings. The number of carbonyl (C=O) groups excluding carboxylic acids is 1. The number of carbonyl (C=O) groups is 1. The van der Waals surface area contributed by atoms with Crippen molar-refractivity contribution in [3.63, 3.8) is 0 Å². The molecule has 0 saturated heterocycles. The summed E-state index contributed by atoms with van der Waals surface area (Å²) < 4.78 is 0. The summed E-state index contributed by atoms with van der Waals surface area (Å²) in [5.41, 5.74) is 2.68. The molecule has 2 aliphatic rings. The van der Waals surface area contributed by atoms with Crippen molar-refractivity contribution in [1.29, 1.82) is 0 Å². The van der Waals surface area contributed by atoms with Crippen LogP contribution in [0.1, 0.15) is 37.8 Å². The minimum Gasteiger partial charge on any atom is -0.396 e. The number of hydrogen-bond acceptors (Lipinski definition) is 3. The van der Waals surface area contributed by atoms with Crippen LogP contribution in [0.3, 0.4) is 0 Å². The Morgan fingerprint density at radius 3 is 2.62 bits per heavy atom. The van der Waals surface area contributed by atoms with Crippen LogP contribution in [0.25, 0.3) is 0 Å². The number of nitrogens with one attached hydrogen (secondary N) is 2. The van der Waals surface area contributed by atoms with Gasteiger partial charge in [0, 0.05) is 37.1 Å². The number of nitrogens with zero attached hydrogens (tertiary/aromatic N) is 1. The molecule has 3 N–H and O–H groups in total. The first-order valence-electron chi connectivity index (χ1n) is 8.89. The van der Waals surface area contributed by atoms with Crippen LogP contribution in [0, 0.1) is 5.41 Å². The van der Waals surface area contributed by atoms with E-state index < -0.39 is 0 Å². The number of urea groups is 1. The minimum absolute atomic E-state index is 0.0521. The Morgan fingerprint density at radius 1 is 1.25 bits per heavy atom. The maximum absolute atomic E-state index is 12.0. The fraction of sp³-hybridized carbons (Fsp3) is 0.632. The molecule has 0 unspecified atom stereocenters. The van der Waals surface area contributed by atoms with E-state index in [9.17, 15) is 9.90 Å². The molecule has 0 radical (unpaired) electrons. The molecule has 1 saturated carbocycles. The highest BCUT2D eigenvalue weighted by Gasteiger charge is 2.42. The molecule has 0 bridgehead atoms. The Labute approximate surface area is 144 Å². The van der Waals surface area contributed by atoms with Crippen molar-refractivity contribution in [3.8, 4) is 0 Å². The Morgan fingerprint density at radius 2 is 1.96 bits per heavy atom. The fourth-order valence-electron chi connectivity index (χ4n) is 3.32. The smallest absolute Gasteiger partial charge is 0.314 e. The number of benzene rings is 1. The monoisotopic (exact) mass is 331 g/mol. The van der Waals surface area contributed by atoms with E-state index in [0.29, 0.717) is 13.1 Å². The molecule has 1 fully saturated rings. The Bertz CT molecular complexity index is 596. The lowest BCUT2D eigenvalue weighted by atomic mass is 9.94. The molecule has 1 aliphatic carbocycles. The minimum atomic E-state index is -0.139. The van der Waals surface area contributed by atoms with E-state index in [2.05, 4.69) is 53.6 Å². The molecular formula is C19H29N3O2. The van der Waals surface area contributed by atoms with Gasteiger partial charge in [0.15, 0.2) is 0 Å². The molecule has 2 amide bonds. The molecule has 132 valence electrons. The fourth-order valence-corrected chi connectivity index (χ4v) is 3.32. The SMILES string of the molecule is CC(C)(CNC(=O)NCC1(CO)CC1)N1CCc2ccccc2C1. The van der Waals surface area contributed by atoms with Crippen LogP contribution in [0.2, 0.25) is 0 Å². The van der Waals surface area contributed by atoms with Crippen LogP contribution in [-0.2, 0) is 13.0 Å². The van der Waals surface area contributed by atoms with E-state index in [1.54, 1.807) is 0 Å². The quantitative estimate of drug-likeness (QED) is 0.746. The van der Waals surface area contributed by atoms with E-state index in [0.717, 1.165) is 32.4 Å². The first-order valence-corrected chi connectivity index (χ1v) is 8.89. The van der Waals surface area contributed by atoms with Crippen molar-refractivity contribution in [2.75, 3.05) is 26.2 Å². The van der Waals surface area contributed by atoms with Crippen LogP contribution < -0.4 is 10.6 Å². The van der Waals surface area contributed by atoms with Gasteiger partial charge in [-0.25, -0.2) is 4.79 Å². The maximum Gasteiger partial charge on any atom is 0.314 e. The van der Waals surface area contributed by atoms with Crippen LogP contribution >= 0.6 is 0 Å². The number of amides is 2. The van der Waals surface area contributed by atoms with Crippen molar-refractivity contribution in [2.45, 2.75) is 45.2 Å². The average Bonchev–Trinajstić information content (AvgIpc) is 3.38. The second-order valence-corrected chi connectivity index (χ2v) is 7.95. The zero-order valence-corrected chi connectivity index (χ0v) is 14.8. The number of hydrogen-bond donors (Lipinski definition) is 3. The van der Waals surface area contributed by atoms with Crippen molar-refractivity contribution < 1.29 is 9.90 Å². The summed E-state index contributed by atoms with van der Waals surface area (Å²) in [6, 6.07) is 8.46. The highest BCUT2D eigenvalue weighted by Crippen LogP contribution is 2.44. The summed E-state index contributed by atoms with van der Waals surface area (Å²) in [6.45, 7) is 7.63. The largest absolute Gasteiger partial charge is 0.396 e. The molecule has 1 aromatic carbocycles. The Balaban J connectivity index is 1.48. The summed E-state index contributed by atoms with van der Waals surface area (Å²) in [4.78, 5) is 14.5. The van der Waals surface area contributed by atoms with Crippen LogP contribution in [0.5, 0.6) is 0 Å². The molecule has 5 nitrogen and oxygen atoms in total. The van der Waals surface area contributed by atoms with Crippen LogP contribution in [-0.4, -0.2) is 47.8 Å². The normalized spacial score (nSPS) is 19.5. The van der Waals surface area contributed by atoms with Gasteiger partial charge < -0.3 is 15.7 Å². The first-order chi connectivity index (χ1) is 11.4. The van der Waals surface area contributed by atoms with Crippen molar-refractivity contribution >= 4 is 6.03 Å². The van der Waals surface area contributed by atoms with Gasteiger partial charge in [-0.15, -0.1) is 0 Å². The van der Waals surface area contributed by atoms with Crippen molar-refractivity contribution in [3.05, 3.63) is 35.4 Å². The van der Waals surface area contributed by atoms with E-state index >= 15 is 0 Å². The molecule has 3 rings (SSSR count). The van der Waals surface area contributed by atoms with Crippen LogP contribution in [0.4, 0.5) is 4.79 Å². The van der Waals surface area contributed by atoms with Crippen LogP contribution in [0.15, 0.2) is 24.3 Å². The Hall–Kier alpha value is -1.59. The zero-order chi connectivity index (χ0) is 17.2. The molecule has 5 heteroatoms. The molecule has 0 spiro atoms. The predicted molar refractivity (Wildman–Crippen MR) is 94.8 cm³/mol. The topological polar surface area (TPSA) is 64.6 Å². The summed E-state index contributed by atoms with van der Waals surface area (Å²) >= 11 is 0. The molecule has 24 heavy (non-hydrogen) atoms. The van der Waals surface area contributed by atoms with Gasteiger partial charge in [-0.3, -0.25) is 4.90 Å². The van der Waals surface area contributed by atoms with Gasteiger partial charge in [0.05, 0.1) is 6.61 Å². The maximum atomic E-state index is 12.0. The van der Waals surface area contributed by atoms with Crippen molar-refractivity contribution in [2.24, 2.45) is 5.41 Å². The predicted octanol–water partition coefficient (Wildman–Crippen LogP) is 1.89. The highest BCUT2D eigenvalue weighted by atomic mass is 16.3. The average molecular weight is 331 g/mol. The third-order valence-corrected chi connectivity index (χ3v) is 5.58. The first kappa shape index (κ1) is 17.2. The van der Waals surface area contributed by atoms with E-state index in [1.807, 2.05) is 0 Å². The lowest BCUT2D eigenvalue weighted by molar-refractivity contribution is 0.104. The lowest BCUT2D eigenvalue weighted by Gasteiger charge is -2.41. The summed E-state index contributed by atoms with van der Waals surface area (Å²) in [7, 11) is 0. The van der Waals surface area contributed by atoms with Gasteiger partial charge >= 0.3 is 6.03 Å². The molecule has 1 aliphatic heterocycles. The van der Waals surface area contributed by atoms with Gasteiger partial charge in [0.25, 0.3) is 0 Å². The third kappa shape index (κ3) is 3.90. The number of aliphatic hydroxyl groups excluding tert-OH is 1. The summed E-state index contributed by atoms with van der Waals surface area (Å²) in [6.07, 6.45) is 3.07. The van der Waals surface area contributed by atoms with Gasteiger partial charge in [0.2, 0.25) is 0 Å². The number of aliphatic hydroxyl groups is 1. The second-order valence-electron chi connectivity index (χ2n) is 7.95. The standard InChI is InChI=1S/C19H29N3O2/c1-18(2,12-20-17(24)21-13-19(14-23)8-9-19)22-10-7-15-5-3-4-6-16(15)11-22/h3-6,23H,7-14H2,1-2H3,(H2,20,21,24). The number of fused-ring (bicyclic) bond motifs is 1.